The first-order valence-corrected chi connectivity index (χ1v) is 6.99. The number of carbonyl (C=O) groups is 1. The summed E-state index contributed by atoms with van der Waals surface area (Å²) in [6.07, 6.45) is 0. The van der Waals surface area contributed by atoms with Crippen molar-refractivity contribution < 1.29 is 14.3 Å². The number of hydrogen-bond acceptors (Lipinski definition) is 3. The first kappa shape index (κ1) is 15.3. The quantitative estimate of drug-likeness (QED) is 0.847. The average molecular weight is 292 g/mol. The second kappa shape index (κ2) is 7.61. The van der Waals surface area contributed by atoms with E-state index in [9.17, 15) is 9.18 Å². The third-order valence-electron chi connectivity index (χ3n) is 2.15. The summed E-state index contributed by atoms with van der Waals surface area (Å²) >= 11 is 7.11. The summed E-state index contributed by atoms with van der Waals surface area (Å²) in [6, 6.07) is 4.00. The normalized spacial score (nSPS) is 12.2. The number of rotatable bonds is 6. The molecule has 0 saturated heterocycles. The predicted molar refractivity (Wildman–Crippen MR) is 73.6 cm³/mol. The Morgan fingerprint density at radius 1 is 1.61 bits per heavy atom. The van der Waals surface area contributed by atoms with Gasteiger partial charge in [0.2, 0.25) is 5.91 Å². The molecule has 0 spiro atoms. The van der Waals surface area contributed by atoms with Gasteiger partial charge in [-0.05, 0) is 29.9 Å². The van der Waals surface area contributed by atoms with Gasteiger partial charge < -0.3 is 10.4 Å². The Hall–Kier alpha value is -0.780. The van der Waals surface area contributed by atoms with Crippen molar-refractivity contribution in [3.8, 4) is 0 Å². The number of amides is 1. The van der Waals surface area contributed by atoms with Crippen LogP contribution in [-0.2, 0) is 4.79 Å². The van der Waals surface area contributed by atoms with Crippen LogP contribution >= 0.6 is 23.4 Å². The van der Waals surface area contributed by atoms with E-state index in [1.807, 2.05) is 6.92 Å². The van der Waals surface area contributed by atoms with Gasteiger partial charge in [-0.2, -0.15) is 11.8 Å². The number of carbonyl (C=O) groups excluding carboxylic acids is 1. The Balaban J connectivity index is 2.42. The minimum absolute atomic E-state index is 0.0864. The Morgan fingerprint density at radius 3 is 3.00 bits per heavy atom. The van der Waals surface area contributed by atoms with E-state index in [0.29, 0.717) is 10.8 Å². The van der Waals surface area contributed by atoms with Crippen molar-refractivity contribution in [3.05, 3.63) is 29.0 Å². The molecule has 1 unspecified atom stereocenters. The van der Waals surface area contributed by atoms with Crippen LogP contribution in [0.5, 0.6) is 0 Å². The van der Waals surface area contributed by atoms with Crippen molar-refractivity contribution in [2.24, 2.45) is 5.92 Å². The second-order valence-corrected chi connectivity index (χ2v) is 5.44. The summed E-state index contributed by atoms with van der Waals surface area (Å²) in [4.78, 5) is 11.5. The van der Waals surface area contributed by atoms with Crippen molar-refractivity contribution >= 4 is 35.0 Å². The summed E-state index contributed by atoms with van der Waals surface area (Å²) in [5.41, 5.74) is 0.0864. The van der Waals surface area contributed by atoms with Crippen molar-refractivity contribution in [2.45, 2.75) is 6.92 Å². The topological polar surface area (TPSA) is 49.3 Å². The number of halogens is 2. The van der Waals surface area contributed by atoms with Crippen LogP contribution in [0.2, 0.25) is 5.02 Å². The minimum atomic E-state index is -0.513. The number of anilines is 1. The predicted octanol–water partition coefficient (Wildman–Crippen LogP) is 2.78. The molecule has 0 saturated carbocycles. The van der Waals surface area contributed by atoms with Gasteiger partial charge in [-0.15, -0.1) is 0 Å². The molecule has 1 aromatic rings. The number of aliphatic hydroxyl groups is 1. The van der Waals surface area contributed by atoms with Gasteiger partial charge in [0.15, 0.2) is 0 Å². The van der Waals surface area contributed by atoms with Crippen LogP contribution < -0.4 is 5.32 Å². The van der Waals surface area contributed by atoms with Crippen LogP contribution in [0.4, 0.5) is 10.1 Å². The molecule has 0 aliphatic heterocycles. The maximum atomic E-state index is 13.3. The van der Waals surface area contributed by atoms with Gasteiger partial charge in [-0.25, -0.2) is 4.39 Å². The lowest BCUT2D eigenvalue weighted by Crippen LogP contribution is -2.16. The highest BCUT2D eigenvalue weighted by Gasteiger charge is 2.08. The molecule has 0 fully saturated rings. The highest BCUT2D eigenvalue weighted by atomic mass is 35.5. The van der Waals surface area contributed by atoms with Crippen LogP contribution in [0.1, 0.15) is 6.92 Å². The molecular weight excluding hydrogens is 277 g/mol. The average Bonchev–Trinajstić information content (AvgIpc) is 2.33. The van der Waals surface area contributed by atoms with Crippen molar-refractivity contribution in [1.29, 1.82) is 0 Å². The van der Waals surface area contributed by atoms with E-state index >= 15 is 0 Å². The maximum absolute atomic E-state index is 13.3. The molecule has 3 nitrogen and oxygen atoms in total. The van der Waals surface area contributed by atoms with Gasteiger partial charge in [-0.1, -0.05) is 18.5 Å². The van der Waals surface area contributed by atoms with Crippen LogP contribution in [0.3, 0.4) is 0 Å². The molecule has 1 rings (SSSR count). The van der Waals surface area contributed by atoms with Crippen molar-refractivity contribution in [2.75, 3.05) is 23.4 Å². The van der Waals surface area contributed by atoms with E-state index in [0.717, 1.165) is 0 Å². The van der Waals surface area contributed by atoms with Gasteiger partial charge in [-0.3, -0.25) is 4.79 Å². The largest absolute Gasteiger partial charge is 0.396 e. The molecule has 6 heteroatoms. The number of thioether (sulfide) groups is 1. The smallest absolute Gasteiger partial charge is 0.234 e. The first-order chi connectivity index (χ1) is 8.52. The Kier molecular flexibility index (Phi) is 6.46. The van der Waals surface area contributed by atoms with Gasteiger partial charge in [0, 0.05) is 11.6 Å². The van der Waals surface area contributed by atoms with E-state index in [2.05, 4.69) is 5.32 Å². The van der Waals surface area contributed by atoms with Gasteiger partial charge >= 0.3 is 0 Å². The number of hydrogen-bond donors (Lipinski definition) is 2. The van der Waals surface area contributed by atoms with Crippen molar-refractivity contribution in [1.82, 2.24) is 0 Å². The first-order valence-electron chi connectivity index (χ1n) is 5.46. The van der Waals surface area contributed by atoms with Crippen LogP contribution in [0, 0.1) is 11.7 Å². The molecule has 0 aliphatic rings. The van der Waals surface area contributed by atoms with Gasteiger partial charge in [0.25, 0.3) is 0 Å². The summed E-state index contributed by atoms with van der Waals surface area (Å²) in [6.45, 7) is 1.99. The third kappa shape index (κ3) is 5.25. The summed E-state index contributed by atoms with van der Waals surface area (Å²) in [5, 5.41) is 11.7. The molecule has 1 atom stereocenters. The summed E-state index contributed by atoms with van der Waals surface area (Å²) in [5.74, 6) is 0.247. The van der Waals surface area contributed by atoms with E-state index in [1.54, 1.807) is 0 Å². The molecule has 100 valence electrons. The summed E-state index contributed by atoms with van der Waals surface area (Å²) in [7, 11) is 0. The Morgan fingerprint density at radius 2 is 2.33 bits per heavy atom. The Bertz CT molecular complexity index is 417. The number of benzene rings is 1. The molecule has 0 radical (unpaired) electrons. The Labute approximate surface area is 115 Å². The standard InChI is InChI=1S/C12H15ClFNO2S/c1-8(5-16)6-18-7-12(17)15-11-4-9(13)2-3-10(11)14/h2-4,8,16H,5-7H2,1H3,(H,15,17). The zero-order chi connectivity index (χ0) is 13.5. The van der Waals surface area contributed by atoms with E-state index < -0.39 is 5.82 Å². The zero-order valence-electron chi connectivity index (χ0n) is 9.95. The highest BCUT2D eigenvalue weighted by molar-refractivity contribution is 7.99. The van der Waals surface area contributed by atoms with E-state index in [4.69, 9.17) is 16.7 Å². The van der Waals surface area contributed by atoms with Crippen LogP contribution in [0.15, 0.2) is 18.2 Å². The molecule has 0 aromatic heterocycles. The molecule has 1 aromatic carbocycles. The van der Waals surface area contributed by atoms with Crippen LogP contribution in [0.25, 0.3) is 0 Å². The maximum Gasteiger partial charge on any atom is 0.234 e. The van der Waals surface area contributed by atoms with E-state index in [1.165, 1.54) is 30.0 Å². The molecular formula is C12H15ClFNO2S. The van der Waals surface area contributed by atoms with Gasteiger partial charge in [0.05, 0.1) is 11.4 Å². The summed E-state index contributed by atoms with van der Waals surface area (Å²) < 4.78 is 13.3. The molecule has 18 heavy (non-hydrogen) atoms. The van der Waals surface area contributed by atoms with E-state index in [-0.39, 0.29) is 29.9 Å². The van der Waals surface area contributed by atoms with Crippen molar-refractivity contribution in [3.63, 3.8) is 0 Å². The molecule has 0 aliphatic carbocycles. The number of nitrogens with one attached hydrogen (secondary N) is 1. The zero-order valence-corrected chi connectivity index (χ0v) is 11.5. The fourth-order valence-corrected chi connectivity index (χ4v) is 2.24. The second-order valence-electron chi connectivity index (χ2n) is 3.98. The minimum Gasteiger partial charge on any atom is -0.396 e. The highest BCUT2D eigenvalue weighted by Crippen LogP contribution is 2.19. The van der Waals surface area contributed by atoms with Crippen LogP contribution in [-0.4, -0.2) is 29.1 Å². The molecule has 0 heterocycles. The fraction of sp³-hybridized carbons (Fsp3) is 0.417. The SMILES string of the molecule is CC(CO)CSCC(=O)Nc1cc(Cl)ccc1F. The lowest BCUT2D eigenvalue weighted by molar-refractivity contribution is -0.113. The third-order valence-corrected chi connectivity index (χ3v) is 3.66. The van der Waals surface area contributed by atoms with Gasteiger partial charge in [0.1, 0.15) is 5.82 Å². The molecule has 0 bridgehead atoms. The monoisotopic (exact) mass is 291 g/mol. The molecule has 1 amide bonds. The lowest BCUT2D eigenvalue weighted by Gasteiger charge is -2.08. The number of aliphatic hydroxyl groups excluding tert-OH is 1. The fourth-order valence-electron chi connectivity index (χ4n) is 1.19. The molecule has 2 N–H and O–H groups in total. The lowest BCUT2D eigenvalue weighted by atomic mass is 10.2.